The quantitative estimate of drug-likeness (QED) is 0.208. The van der Waals surface area contributed by atoms with Crippen LogP contribution in [-0.2, 0) is 0 Å². The van der Waals surface area contributed by atoms with Crippen LogP contribution in [0.1, 0.15) is 27.2 Å². The minimum absolute atomic E-state index is 0.00451. The zero-order chi connectivity index (χ0) is 23.1. The molecule has 0 atom stereocenters. The number of hydrogen-bond donors (Lipinski definition) is 1. The molecule has 0 aliphatic rings. The number of nitrogens with zero attached hydrogens (tertiary/aromatic N) is 2. The summed E-state index contributed by atoms with van der Waals surface area (Å²) in [4.78, 5) is 34.9. The van der Waals surface area contributed by atoms with Crippen LogP contribution < -0.4 is 5.56 Å². The molecule has 6 heteroatoms. The topological polar surface area (TPSA) is 67.8 Å². The van der Waals surface area contributed by atoms with Crippen molar-refractivity contribution in [3.8, 4) is 5.69 Å². The van der Waals surface area contributed by atoms with Gasteiger partial charge in [0.15, 0.2) is 10.9 Å². The van der Waals surface area contributed by atoms with Gasteiger partial charge in [0, 0.05) is 22.2 Å². The SMILES string of the molecule is Cc1cccc(-n2c(SCC(=O)c3c(C)[nH]c4ccccc34)nc3ccccc3c2=O)c1C. The highest BCUT2D eigenvalue weighted by atomic mass is 32.2. The third kappa shape index (κ3) is 3.66. The number of benzene rings is 3. The van der Waals surface area contributed by atoms with Crippen LogP contribution in [0.5, 0.6) is 0 Å². The number of ketones is 1. The molecule has 5 nitrogen and oxygen atoms in total. The highest BCUT2D eigenvalue weighted by molar-refractivity contribution is 7.99. The second-order valence-electron chi connectivity index (χ2n) is 8.15. The first-order valence-electron chi connectivity index (χ1n) is 10.8. The summed E-state index contributed by atoms with van der Waals surface area (Å²) in [6.07, 6.45) is 0. The number of aryl methyl sites for hydroxylation is 2. The van der Waals surface area contributed by atoms with Crippen molar-refractivity contribution in [3.05, 3.63) is 99.5 Å². The number of rotatable bonds is 5. The van der Waals surface area contributed by atoms with Gasteiger partial charge in [-0.25, -0.2) is 4.98 Å². The van der Waals surface area contributed by atoms with Gasteiger partial charge in [0.2, 0.25) is 0 Å². The number of carbonyl (C=O) groups is 1. The summed E-state index contributed by atoms with van der Waals surface area (Å²) in [5, 5.41) is 1.98. The van der Waals surface area contributed by atoms with Crippen LogP contribution in [0.3, 0.4) is 0 Å². The van der Waals surface area contributed by atoms with E-state index in [-0.39, 0.29) is 17.1 Å². The van der Waals surface area contributed by atoms with Crippen LogP contribution in [0.25, 0.3) is 27.5 Å². The lowest BCUT2D eigenvalue weighted by molar-refractivity contribution is 0.102. The summed E-state index contributed by atoms with van der Waals surface area (Å²) >= 11 is 1.30. The van der Waals surface area contributed by atoms with Crippen molar-refractivity contribution in [2.75, 3.05) is 5.75 Å². The van der Waals surface area contributed by atoms with Crippen molar-refractivity contribution in [1.29, 1.82) is 0 Å². The second-order valence-corrected chi connectivity index (χ2v) is 9.10. The summed E-state index contributed by atoms with van der Waals surface area (Å²) in [5.74, 6) is 0.183. The molecule has 0 saturated carbocycles. The first-order chi connectivity index (χ1) is 16.0. The van der Waals surface area contributed by atoms with E-state index in [1.54, 1.807) is 10.6 Å². The number of carbonyl (C=O) groups excluding carboxylic acids is 1. The molecule has 0 saturated heterocycles. The predicted molar refractivity (Wildman–Crippen MR) is 135 cm³/mol. The number of H-pyrrole nitrogens is 1. The third-order valence-electron chi connectivity index (χ3n) is 6.07. The van der Waals surface area contributed by atoms with Crippen LogP contribution in [0.15, 0.2) is 76.7 Å². The van der Waals surface area contributed by atoms with E-state index in [1.807, 2.05) is 81.4 Å². The summed E-state index contributed by atoms with van der Waals surface area (Å²) in [7, 11) is 0. The van der Waals surface area contributed by atoms with Gasteiger partial charge < -0.3 is 4.98 Å². The Hall–Kier alpha value is -3.64. The number of aromatic amines is 1. The number of hydrogen-bond acceptors (Lipinski definition) is 4. The van der Waals surface area contributed by atoms with Crippen molar-refractivity contribution in [2.24, 2.45) is 0 Å². The molecular weight excluding hydrogens is 430 g/mol. The van der Waals surface area contributed by atoms with Crippen LogP contribution in [-0.4, -0.2) is 26.1 Å². The molecule has 0 amide bonds. The van der Waals surface area contributed by atoms with Crippen molar-refractivity contribution >= 4 is 39.4 Å². The van der Waals surface area contributed by atoms with Crippen LogP contribution >= 0.6 is 11.8 Å². The number of thioether (sulfide) groups is 1. The first kappa shape index (κ1) is 21.2. The molecule has 5 aromatic rings. The number of aromatic nitrogens is 3. The Morgan fingerprint density at radius 2 is 1.67 bits per heavy atom. The molecular formula is C27H23N3O2S. The lowest BCUT2D eigenvalue weighted by Crippen LogP contribution is -2.23. The number of para-hydroxylation sites is 2. The van der Waals surface area contributed by atoms with E-state index in [9.17, 15) is 9.59 Å². The molecule has 0 unspecified atom stereocenters. The van der Waals surface area contributed by atoms with Crippen molar-refractivity contribution < 1.29 is 4.79 Å². The fourth-order valence-electron chi connectivity index (χ4n) is 4.24. The first-order valence-corrected chi connectivity index (χ1v) is 11.8. The molecule has 33 heavy (non-hydrogen) atoms. The predicted octanol–water partition coefficient (Wildman–Crippen LogP) is 5.77. The monoisotopic (exact) mass is 453 g/mol. The largest absolute Gasteiger partial charge is 0.358 e. The standard InChI is InChI=1S/C27H23N3O2S/c1-16-9-8-14-23(17(16)2)30-26(32)20-11-5-7-13-22(20)29-27(30)33-15-24(31)25-18(3)28-21-12-6-4-10-19(21)25/h4-14,28H,15H2,1-3H3. The van der Waals surface area contributed by atoms with Gasteiger partial charge in [0.25, 0.3) is 5.56 Å². The maximum atomic E-state index is 13.5. The van der Waals surface area contributed by atoms with E-state index in [4.69, 9.17) is 4.98 Å². The molecule has 5 rings (SSSR count). The van der Waals surface area contributed by atoms with E-state index in [0.717, 1.165) is 33.4 Å². The van der Waals surface area contributed by atoms with Gasteiger partial charge in [-0.1, -0.05) is 54.2 Å². The van der Waals surface area contributed by atoms with Gasteiger partial charge in [-0.15, -0.1) is 0 Å². The molecule has 0 fully saturated rings. The average molecular weight is 454 g/mol. The number of nitrogens with one attached hydrogen (secondary N) is 1. The number of Topliss-reactive ketones (excluding diaryl/α,β-unsaturated/α-hetero) is 1. The van der Waals surface area contributed by atoms with Crippen molar-refractivity contribution in [3.63, 3.8) is 0 Å². The average Bonchev–Trinajstić information content (AvgIpc) is 3.15. The Morgan fingerprint density at radius 1 is 0.939 bits per heavy atom. The zero-order valence-corrected chi connectivity index (χ0v) is 19.5. The molecule has 2 heterocycles. The Kier molecular flexibility index (Phi) is 5.38. The fraction of sp³-hybridized carbons (Fsp3) is 0.148. The molecule has 0 bridgehead atoms. The highest BCUT2D eigenvalue weighted by Gasteiger charge is 2.20. The normalized spacial score (nSPS) is 11.4. The second kappa shape index (κ2) is 8.37. The lowest BCUT2D eigenvalue weighted by atomic mass is 10.1. The fourth-order valence-corrected chi connectivity index (χ4v) is 5.12. The molecule has 3 aromatic carbocycles. The van der Waals surface area contributed by atoms with E-state index < -0.39 is 0 Å². The van der Waals surface area contributed by atoms with E-state index >= 15 is 0 Å². The summed E-state index contributed by atoms with van der Waals surface area (Å²) in [6, 6.07) is 21.0. The number of fused-ring (bicyclic) bond motifs is 2. The van der Waals surface area contributed by atoms with Crippen LogP contribution in [0.4, 0.5) is 0 Å². The Morgan fingerprint density at radius 3 is 2.48 bits per heavy atom. The van der Waals surface area contributed by atoms with E-state index in [0.29, 0.717) is 21.6 Å². The highest BCUT2D eigenvalue weighted by Crippen LogP contribution is 2.27. The summed E-state index contributed by atoms with van der Waals surface area (Å²) in [5.41, 5.74) is 5.87. The Bertz CT molecular complexity index is 1600. The van der Waals surface area contributed by atoms with E-state index in [1.165, 1.54) is 11.8 Å². The smallest absolute Gasteiger partial charge is 0.266 e. The molecule has 2 aromatic heterocycles. The van der Waals surface area contributed by atoms with Crippen molar-refractivity contribution in [2.45, 2.75) is 25.9 Å². The minimum Gasteiger partial charge on any atom is -0.358 e. The zero-order valence-electron chi connectivity index (χ0n) is 18.7. The van der Waals surface area contributed by atoms with Gasteiger partial charge >= 0.3 is 0 Å². The van der Waals surface area contributed by atoms with Crippen LogP contribution in [0, 0.1) is 20.8 Å². The maximum Gasteiger partial charge on any atom is 0.266 e. The third-order valence-corrected chi connectivity index (χ3v) is 7.01. The van der Waals surface area contributed by atoms with Crippen LogP contribution in [0.2, 0.25) is 0 Å². The Labute approximate surface area is 195 Å². The van der Waals surface area contributed by atoms with Gasteiger partial charge in [0.05, 0.1) is 22.3 Å². The van der Waals surface area contributed by atoms with Gasteiger partial charge in [0.1, 0.15) is 0 Å². The molecule has 0 aliphatic heterocycles. The Balaban J connectivity index is 1.60. The van der Waals surface area contributed by atoms with Gasteiger partial charge in [-0.05, 0) is 56.2 Å². The maximum absolute atomic E-state index is 13.5. The minimum atomic E-state index is -0.132. The molecule has 164 valence electrons. The molecule has 1 N–H and O–H groups in total. The van der Waals surface area contributed by atoms with Gasteiger partial charge in [-0.3, -0.25) is 14.2 Å². The lowest BCUT2D eigenvalue weighted by Gasteiger charge is -2.16. The molecule has 0 spiro atoms. The van der Waals surface area contributed by atoms with E-state index in [2.05, 4.69) is 4.98 Å². The summed E-state index contributed by atoms with van der Waals surface area (Å²) in [6.45, 7) is 5.94. The molecule has 0 aliphatic carbocycles. The molecule has 0 radical (unpaired) electrons. The van der Waals surface area contributed by atoms with Gasteiger partial charge in [-0.2, -0.15) is 0 Å². The summed E-state index contributed by atoms with van der Waals surface area (Å²) < 4.78 is 1.64. The van der Waals surface area contributed by atoms with Crippen molar-refractivity contribution in [1.82, 2.24) is 14.5 Å².